The van der Waals surface area contributed by atoms with Crippen molar-refractivity contribution in [3.8, 4) is 0 Å². The summed E-state index contributed by atoms with van der Waals surface area (Å²) in [6.45, 7) is 4.39. The van der Waals surface area contributed by atoms with Crippen LogP contribution >= 0.6 is 23.2 Å². The monoisotopic (exact) mass is 517 g/mol. The highest BCUT2D eigenvalue weighted by atomic mass is 35.5. The fourth-order valence-electron chi connectivity index (χ4n) is 3.07. The van der Waals surface area contributed by atoms with E-state index in [-0.39, 0.29) is 18.3 Å². The van der Waals surface area contributed by atoms with Crippen molar-refractivity contribution in [1.29, 1.82) is 0 Å². The minimum atomic E-state index is -3.94. The topological polar surface area (TPSA) is 86.8 Å². The number of anilines is 1. The van der Waals surface area contributed by atoms with Gasteiger partial charge in [0.2, 0.25) is 21.8 Å². The molecule has 0 aliphatic heterocycles. The summed E-state index contributed by atoms with van der Waals surface area (Å²) in [6, 6.07) is 8.53. The van der Waals surface area contributed by atoms with Crippen molar-refractivity contribution in [1.82, 2.24) is 10.2 Å². The van der Waals surface area contributed by atoms with E-state index in [1.807, 2.05) is 0 Å². The first-order chi connectivity index (χ1) is 15.3. The van der Waals surface area contributed by atoms with E-state index in [9.17, 15) is 22.4 Å². The standard InChI is InChI=1S/C22H26Cl2FN3O4S/c1-14(2)26-22(30)15(3)27(12-16-8-9-17(23)10-20(16)24)21(29)13-28(33(4,31)32)19-7-5-6-18(25)11-19/h5-11,14-15H,12-13H2,1-4H3,(H,26,30). The molecule has 0 aliphatic rings. The molecule has 1 unspecified atom stereocenters. The molecule has 1 N–H and O–H groups in total. The zero-order valence-electron chi connectivity index (χ0n) is 18.7. The molecule has 0 saturated heterocycles. The van der Waals surface area contributed by atoms with Crippen LogP contribution in [-0.4, -0.2) is 50.0 Å². The van der Waals surface area contributed by atoms with Crippen LogP contribution in [0, 0.1) is 5.82 Å². The van der Waals surface area contributed by atoms with E-state index < -0.39 is 40.2 Å². The Morgan fingerprint density at radius 3 is 2.30 bits per heavy atom. The molecular formula is C22H26Cl2FN3O4S. The second kappa shape index (κ2) is 11.2. The lowest BCUT2D eigenvalue weighted by Crippen LogP contribution is -2.52. The number of hydrogen-bond acceptors (Lipinski definition) is 4. The third-order valence-corrected chi connectivity index (χ3v) is 6.46. The Bertz CT molecular complexity index is 1130. The summed E-state index contributed by atoms with van der Waals surface area (Å²) in [7, 11) is -3.94. The summed E-state index contributed by atoms with van der Waals surface area (Å²) in [5.74, 6) is -1.73. The van der Waals surface area contributed by atoms with Gasteiger partial charge in [-0.15, -0.1) is 0 Å². The number of carbonyl (C=O) groups excluding carboxylic acids is 2. The van der Waals surface area contributed by atoms with Gasteiger partial charge >= 0.3 is 0 Å². The Labute approximate surface area is 203 Å². The van der Waals surface area contributed by atoms with Gasteiger partial charge in [0.25, 0.3) is 0 Å². The molecular weight excluding hydrogens is 492 g/mol. The number of halogens is 3. The van der Waals surface area contributed by atoms with Crippen LogP contribution in [0.5, 0.6) is 0 Å². The number of carbonyl (C=O) groups is 2. The molecule has 0 radical (unpaired) electrons. The summed E-state index contributed by atoms with van der Waals surface area (Å²) in [5, 5.41) is 3.44. The normalized spacial score (nSPS) is 12.4. The van der Waals surface area contributed by atoms with Crippen LogP contribution < -0.4 is 9.62 Å². The number of nitrogens with one attached hydrogen (secondary N) is 1. The lowest BCUT2D eigenvalue weighted by molar-refractivity contribution is -0.139. The van der Waals surface area contributed by atoms with Crippen LogP contribution in [0.4, 0.5) is 10.1 Å². The van der Waals surface area contributed by atoms with Crippen molar-refractivity contribution in [3.63, 3.8) is 0 Å². The van der Waals surface area contributed by atoms with Crippen molar-refractivity contribution in [2.45, 2.75) is 39.4 Å². The first-order valence-electron chi connectivity index (χ1n) is 10.1. The second-order valence-corrected chi connectivity index (χ2v) is 10.6. The van der Waals surface area contributed by atoms with E-state index in [0.717, 1.165) is 16.6 Å². The van der Waals surface area contributed by atoms with Gasteiger partial charge < -0.3 is 10.2 Å². The van der Waals surface area contributed by atoms with Crippen molar-refractivity contribution < 1.29 is 22.4 Å². The molecule has 2 aromatic rings. The fourth-order valence-corrected chi connectivity index (χ4v) is 4.38. The third-order valence-electron chi connectivity index (χ3n) is 4.73. The minimum Gasteiger partial charge on any atom is -0.352 e. The summed E-state index contributed by atoms with van der Waals surface area (Å²) in [4.78, 5) is 27.3. The summed E-state index contributed by atoms with van der Waals surface area (Å²) >= 11 is 12.2. The van der Waals surface area contributed by atoms with Crippen molar-refractivity contribution in [2.75, 3.05) is 17.1 Å². The molecule has 33 heavy (non-hydrogen) atoms. The fraction of sp³-hybridized carbons (Fsp3) is 0.364. The maximum atomic E-state index is 13.7. The molecule has 1 atom stereocenters. The zero-order chi connectivity index (χ0) is 24.9. The van der Waals surface area contributed by atoms with Gasteiger partial charge in [0.1, 0.15) is 18.4 Å². The van der Waals surface area contributed by atoms with E-state index in [2.05, 4.69) is 5.32 Å². The quantitative estimate of drug-likeness (QED) is 0.547. The lowest BCUT2D eigenvalue weighted by Gasteiger charge is -2.32. The van der Waals surface area contributed by atoms with Crippen LogP contribution in [0.25, 0.3) is 0 Å². The van der Waals surface area contributed by atoms with E-state index in [1.54, 1.807) is 26.0 Å². The molecule has 11 heteroatoms. The lowest BCUT2D eigenvalue weighted by atomic mass is 10.1. The first kappa shape index (κ1) is 26.9. The second-order valence-electron chi connectivity index (χ2n) is 7.85. The SMILES string of the molecule is CC(C)NC(=O)C(C)N(Cc1ccc(Cl)cc1Cl)C(=O)CN(c1cccc(F)c1)S(C)(=O)=O. The van der Waals surface area contributed by atoms with E-state index in [1.165, 1.54) is 36.1 Å². The van der Waals surface area contributed by atoms with Gasteiger partial charge in [0.05, 0.1) is 11.9 Å². The number of amides is 2. The highest BCUT2D eigenvalue weighted by Gasteiger charge is 2.30. The van der Waals surface area contributed by atoms with Gasteiger partial charge in [0, 0.05) is 22.6 Å². The number of nitrogens with zero attached hydrogens (tertiary/aromatic N) is 2. The largest absolute Gasteiger partial charge is 0.352 e. The van der Waals surface area contributed by atoms with Crippen LogP contribution in [-0.2, 0) is 26.2 Å². The Balaban J connectivity index is 2.42. The van der Waals surface area contributed by atoms with Gasteiger partial charge in [-0.05, 0) is 56.7 Å². The van der Waals surface area contributed by atoms with Crippen LogP contribution in [0.15, 0.2) is 42.5 Å². The number of rotatable bonds is 9. The molecule has 0 spiro atoms. The number of benzene rings is 2. The van der Waals surface area contributed by atoms with E-state index in [4.69, 9.17) is 23.2 Å². The van der Waals surface area contributed by atoms with Gasteiger partial charge in [0.15, 0.2) is 0 Å². The first-order valence-corrected chi connectivity index (χ1v) is 12.7. The molecule has 180 valence electrons. The Kier molecular flexibility index (Phi) is 9.11. The number of hydrogen-bond donors (Lipinski definition) is 1. The van der Waals surface area contributed by atoms with E-state index in [0.29, 0.717) is 15.6 Å². The smallest absolute Gasteiger partial charge is 0.244 e. The average Bonchev–Trinajstić information content (AvgIpc) is 2.69. The molecule has 2 aromatic carbocycles. The van der Waals surface area contributed by atoms with E-state index >= 15 is 0 Å². The Morgan fingerprint density at radius 2 is 1.76 bits per heavy atom. The highest BCUT2D eigenvalue weighted by Crippen LogP contribution is 2.24. The number of sulfonamides is 1. The molecule has 0 saturated carbocycles. The van der Waals surface area contributed by atoms with Crippen LogP contribution in [0.2, 0.25) is 10.0 Å². The van der Waals surface area contributed by atoms with Crippen LogP contribution in [0.3, 0.4) is 0 Å². The summed E-state index contributed by atoms with van der Waals surface area (Å²) in [6.07, 6.45) is 0.917. The van der Waals surface area contributed by atoms with Crippen molar-refractivity contribution >= 4 is 50.7 Å². The molecule has 7 nitrogen and oxygen atoms in total. The Morgan fingerprint density at radius 1 is 1.09 bits per heavy atom. The molecule has 2 amide bonds. The molecule has 0 fully saturated rings. The summed E-state index contributed by atoms with van der Waals surface area (Å²) in [5.41, 5.74) is 0.518. The summed E-state index contributed by atoms with van der Waals surface area (Å²) < 4.78 is 39.4. The molecule has 0 bridgehead atoms. The minimum absolute atomic E-state index is 0.00499. The maximum absolute atomic E-state index is 13.7. The van der Waals surface area contributed by atoms with Gasteiger partial charge in [-0.3, -0.25) is 13.9 Å². The van der Waals surface area contributed by atoms with Crippen molar-refractivity contribution in [2.24, 2.45) is 0 Å². The molecule has 0 heterocycles. The van der Waals surface area contributed by atoms with Crippen LogP contribution in [0.1, 0.15) is 26.3 Å². The predicted octanol–water partition coefficient (Wildman–Crippen LogP) is 3.84. The molecule has 2 rings (SSSR count). The van der Waals surface area contributed by atoms with Gasteiger partial charge in [-0.2, -0.15) is 0 Å². The average molecular weight is 518 g/mol. The highest BCUT2D eigenvalue weighted by molar-refractivity contribution is 7.92. The maximum Gasteiger partial charge on any atom is 0.244 e. The molecule has 0 aromatic heterocycles. The Hall–Kier alpha value is -2.36. The predicted molar refractivity (Wildman–Crippen MR) is 128 cm³/mol. The molecule has 0 aliphatic carbocycles. The van der Waals surface area contributed by atoms with Gasteiger partial charge in [-0.1, -0.05) is 35.3 Å². The third kappa shape index (κ3) is 7.58. The van der Waals surface area contributed by atoms with Crippen molar-refractivity contribution in [3.05, 3.63) is 63.9 Å². The van der Waals surface area contributed by atoms with Gasteiger partial charge in [-0.25, -0.2) is 12.8 Å². The zero-order valence-corrected chi connectivity index (χ0v) is 21.0.